The lowest BCUT2D eigenvalue weighted by molar-refractivity contribution is -0.155. The Morgan fingerprint density at radius 2 is 2.16 bits per heavy atom. The molecule has 4 heterocycles. The summed E-state index contributed by atoms with van der Waals surface area (Å²) in [5, 5.41) is 9.96. The molecular weight excluding hydrogens is 318 g/mol. The number of carbonyl (C=O) groups is 1. The maximum absolute atomic E-state index is 12.5. The molecule has 0 saturated carbocycles. The van der Waals surface area contributed by atoms with Crippen LogP contribution in [0.1, 0.15) is 31.2 Å². The van der Waals surface area contributed by atoms with E-state index in [9.17, 15) is 9.90 Å². The van der Waals surface area contributed by atoms with Gasteiger partial charge in [-0.1, -0.05) is 0 Å². The number of pyridine rings is 1. The summed E-state index contributed by atoms with van der Waals surface area (Å²) in [6, 6.07) is 2.33. The van der Waals surface area contributed by atoms with Crippen LogP contribution in [0.5, 0.6) is 5.75 Å². The summed E-state index contributed by atoms with van der Waals surface area (Å²) in [7, 11) is 1.66. The number of rotatable bonds is 4. The van der Waals surface area contributed by atoms with Crippen molar-refractivity contribution in [3.63, 3.8) is 0 Å². The van der Waals surface area contributed by atoms with E-state index in [2.05, 4.69) is 9.88 Å². The van der Waals surface area contributed by atoms with Gasteiger partial charge in [-0.05, 0) is 42.7 Å². The number of piperidine rings is 3. The van der Waals surface area contributed by atoms with Crippen LogP contribution in [0.2, 0.25) is 0 Å². The number of fused-ring (bicyclic) bond motifs is 4. The Kier molecular flexibility index (Phi) is 4.65. The quantitative estimate of drug-likeness (QED) is 0.891. The number of aliphatic hydroxyl groups is 1. The van der Waals surface area contributed by atoms with Crippen LogP contribution in [-0.4, -0.2) is 64.7 Å². The van der Waals surface area contributed by atoms with Gasteiger partial charge in [0.1, 0.15) is 5.75 Å². The third-order valence-corrected chi connectivity index (χ3v) is 6.17. The van der Waals surface area contributed by atoms with E-state index in [0.717, 1.165) is 50.2 Å². The summed E-state index contributed by atoms with van der Waals surface area (Å²) in [6.07, 6.45) is 7.46. The Bertz CT molecular complexity index is 624. The fourth-order valence-electron chi connectivity index (χ4n) is 5.16. The molecule has 1 N–H and O–H groups in total. The molecule has 4 rings (SSSR count). The normalized spacial score (nSPS) is 32.4. The molecular formula is C19H27N3O3. The first-order chi connectivity index (χ1) is 12.2. The van der Waals surface area contributed by atoms with Crippen LogP contribution < -0.4 is 4.74 Å². The van der Waals surface area contributed by atoms with Crippen LogP contribution in [0.15, 0.2) is 18.5 Å². The van der Waals surface area contributed by atoms with E-state index in [-0.39, 0.29) is 18.6 Å². The molecule has 3 aliphatic heterocycles. The average Bonchev–Trinajstić information content (AvgIpc) is 2.63. The van der Waals surface area contributed by atoms with E-state index in [0.29, 0.717) is 24.3 Å². The molecule has 3 aliphatic rings. The van der Waals surface area contributed by atoms with Crippen LogP contribution in [0, 0.1) is 11.8 Å². The van der Waals surface area contributed by atoms with E-state index >= 15 is 0 Å². The van der Waals surface area contributed by atoms with Crippen molar-refractivity contribution in [3.8, 4) is 5.75 Å². The van der Waals surface area contributed by atoms with Gasteiger partial charge in [-0.25, -0.2) is 0 Å². The van der Waals surface area contributed by atoms with Crippen molar-refractivity contribution in [2.45, 2.75) is 44.3 Å². The van der Waals surface area contributed by atoms with Gasteiger partial charge in [0, 0.05) is 38.3 Å². The molecule has 136 valence electrons. The Labute approximate surface area is 148 Å². The average molecular weight is 345 g/mol. The second-order valence-corrected chi connectivity index (χ2v) is 7.69. The molecule has 1 aromatic rings. The fourth-order valence-corrected chi connectivity index (χ4v) is 5.16. The van der Waals surface area contributed by atoms with E-state index in [1.54, 1.807) is 13.3 Å². The van der Waals surface area contributed by atoms with Gasteiger partial charge in [0.2, 0.25) is 5.91 Å². The molecule has 0 unspecified atom stereocenters. The molecule has 0 aliphatic carbocycles. The molecule has 6 heteroatoms. The lowest BCUT2D eigenvalue weighted by atomic mass is 9.72. The van der Waals surface area contributed by atoms with Gasteiger partial charge in [-0.15, -0.1) is 0 Å². The number of hydrogen-bond acceptors (Lipinski definition) is 5. The first-order valence-electron chi connectivity index (χ1n) is 9.32. The highest BCUT2D eigenvalue weighted by atomic mass is 16.5. The second kappa shape index (κ2) is 6.92. The fraction of sp³-hybridized carbons (Fsp3) is 0.684. The molecule has 25 heavy (non-hydrogen) atoms. The van der Waals surface area contributed by atoms with Crippen LogP contribution in [-0.2, 0) is 11.3 Å². The highest BCUT2D eigenvalue weighted by Gasteiger charge is 2.48. The summed E-state index contributed by atoms with van der Waals surface area (Å²) in [6.45, 7) is 2.86. The van der Waals surface area contributed by atoms with E-state index in [1.165, 1.54) is 0 Å². The van der Waals surface area contributed by atoms with Gasteiger partial charge in [0.05, 0.1) is 26.0 Å². The zero-order valence-electron chi connectivity index (χ0n) is 14.8. The highest BCUT2D eigenvalue weighted by Crippen LogP contribution is 2.41. The minimum atomic E-state index is -0.0136. The zero-order valence-corrected chi connectivity index (χ0v) is 14.8. The number of amides is 1. The number of likely N-dealkylation sites (tertiary alicyclic amines) is 1. The molecule has 1 aromatic heterocycles. The van der Waals surface area contributed by atoms with Gasteiger partial charge in [-0.2, -0.15) is 0 Å². The smallest absolute Gasteiger partial charge is 0.223 e. The molecule has 0 spiro atoms. The number of hydrogen-bond donors (Lipinski definition) is 1. The van der Waals surface area contributed by atoms with Crippen LogP contribution in [0.3, 0.4) is 0 Å². The molecule has 0 aromatic carbocycles. The lowest BCUT2D eigenvalue weighted by Crippen LogP contribution is -2.65. The monoisotopic (exact) mass is 345 g/mol. The Morgan fingerprint density at radius 1 is 1.32 bits per heavy atom. The van der Waals surface area contributed by atoms with Crippen LogP contribution >= 0.6 is 0 Å². The van der Waals surface area contributed by atoms with Crippen molar-refractivity contribution in [2.75, 3.05) is 26.8 Å². The first-order valence-corrected chi connectivity index (χ1v) is 9.32. The topological polar surface area (TPSA) is 65.9 Å². The van der Waals surface area contributed by atoms with Gasteiger partial charge < -0.3 is 14.7 Å². The second-order valence-electron chi connectivity index (χ2n) is 7.69. The molecule has 0 radical (unpaired) electrons. The SMILES string of the molecule is COc1cncc(CN2C[C@H]3C[C@@H](C2)[C@H](CO)N2C(=O)CCC[C@@H]32)c1. The van der Waals surface area contributed by atoms with Gasteiger partial charge >= 0.3 is 0 Å². The molecule has 1 amide bonds. The van der Waals surface area contributed by atoms with Gasteiger partial charge in [0.15, 0.2) is 0 Å². The first kappa shape index (κ1) is 16.8. The third kappa shape index (κ3) is 3.13. The van der Waals surface area contributed by atoms with E-state index in [4.69, 9.17) is 4.74 Å². The van der Waals surface area contributed by atoms with Gasteiger partial charge in [-0.3, -0.25) is 14.7 Å². The summed E-state index contributed by atoms with van der Waals surface area (Å²) < 4.78 is 5.28. The summed E-state index contributed by atoms with van der Waals surface area (Å²) in [5.74, 6) is 1.91. The zero-order chi connectivity index (χ0) is 17.4. The predicted octanol–water partition coefficient (Wildman–Crippen LogP) is 1.28. The van der Waals surface area contributed by atoms with Crippen molar-refractivity contribution >= 4 is 5.91 Å². The number of ether oxygens (including phenoxy) is 1. The standard InChI is InChI=1S/C19H27N3O3/c1-25-16-5-13(7-20-8-16)9-21-10-14-6-15(11-21)18(12-23)22-17(14)3-2-4-19(22)24/h5,7-8,14-15,17-18,23H,2-4,6,9-12H2,1H3/t14-,15+,17+,18+/m1/s1. The van der Waals surface area contributed by atoms with E-state index < -0.39 is 0 Å². The maximum Gasteiger partial charge on any atom is 0.223 e. The molecule has 6 nitrogen and oxygen atoms in total. The predicted molar refractivity (Wildman–Crippen MR) is 93.0 cm³/mol. The summed E-state index contributed by atoms with van der Waals surface area (Å²) >= 11 is 0. The summed E-state index contributed by atoms with van der Waals surface area (Å²) in [5.41, 5.74) is 1.15. The van der Waals surface area contributed by atoms with Crippen LogP contribution in [0.25, 0.3) is 0 Å². The van der Waals surface area contributed by atoms with Crippen LogP contribution in [0.4, 0.5) is 0 Å². The largest absolute Gasteiger partial charge is 0.495 e. The molecule has 2 bridgehead atoms. The van der Waals surface area contributed by atoms with Gasteiger partial charge in [0.25, 0.3) is 0 Å². The number of carbonyl (C=O) groups excluding carboxylic acids is 1. The molecule has 3 saturated heterocycles. The van der Waals surface area contributed by atoms with E-state index in [1.807, 2.05) is 17.2 Å². The van der Waals surface area contributed by atoms with Crippen molar-refractivity contribution in [3.05, 3.63) is 24.0 Å². The Hall–Kier alpha value is -1.66. The highest BCUT2D eigenvalue weighted by molar-refractivity contribution is 5.78. The Balaban J connectivity index is 1.52. The van der Waals surface area contributed by atoms with Crippen molar-refractivity contribution in [1.29, 1.82) is 0 Å². The lowest BCUT2D eigenvalue weighted by Gasteiger charge is -2.56. The molecule has 4 atom stereocenters. The Morgan fingerprint density at radius 3 is 2.96 bits per heavy atom. The molecule has 3 fully saturated rings. The maximum atomic E-state index is 12.5. The minimum absolute atomic E-state index is 0.0136. The van der Waals surface area contributed by atoms with Crippen molar-refractivity contribution < 1.29 is 14.6 Å². The number of nitrogens with zero attached hydrogens (tertiary/aromatic N) is 3. The number of aliphatic hydroxyl groups excluding tert-OH is 1. The van der Waals surface area contributed by atoms with Crippen molar-refractivity contribution in [2.24, 2.45) is 11.8 Å². The number of aromatic nitrogens is 1. The minimum Gasteiger partial charge on any atom is -0.495 e. The van der Waals surface area contributed by atoms with Crippen molar-refractivity contribution in [1.82, 2.24) is 14.8 Å². The number of methoxy groups -OCH3 is 1. The summed E-state index contributed by atoms with van der Waals surface area (Å²) in [4.78, 5) is 21.2. The third-order valence-electron chi connectivity index (χ3n) is 6.17.